The predicted molar refractivity (Wildman–Crippen MR) is 131 cm³/mol. The van der Waals surface area contributed by atoms with Crippen molar-refractivity contribution in [1.82, 2.24) is 0 Å². The summed E-state index contributed by atoms with van der Waals surface area (Å²) in [6.07, 6.45) is 1.03. The van der Waals surface area contributed by atoms with E-state index in [0.29, 0.717) is 30.9 Å². The van der Waals surface area contributed by atoms with Crippen LogP contribution >= 0.6 is 0 Å². The predicted octanol–water partition coefficient (Wildman–Crippen LogP) is 6.21. The molecule has 34 heavy (non-hydrogen) atoms. The van der Waals surface area contributed by atoms with Crippen LogP contribution in [-0.2, 0) is 4.79 Å². The molecule has 5 rings (SSSR count). The van der Waals surface area contributed by atoms with E-state index in [1.54, 1.807) is 19.2 Å². The molecule has 1 aliphatic carbocycles. The number of Topliss-reactive ketones (excluding diaryl/α,β-unsaturated/α-hetero) is 1. The lowest BCUT2D eigenvalue weighted by Gasteiger charge is -2.30. The SMILES string of the molecule is CCOc1ccc(C2Nc3ccccc3NC3=C2C(=O)CC(c2ccc(F)cc2)C3)cc1OC. The first-order chi connectivity index (χ1) is 16.6. The van der Waals surface area contributed by atoms with E-state index in [9.17, 15) is 9.18 Å². The van der Waals surface area contributed by atoms with Crippen LogP contribution in [0, 0.1) is 5.82 Å². The van der Waals surface area contributed by atoms with Crippen molar-refractivity contribution in [3.63, 3.8) is 0 Å². The molecule has 5 nitrogen and oxygen atoms in total. The number of nitrogens with one attached hydrogen (secondary N) is 2. The highest BCUT2D eigenvalue weighted by Crippen LogP contribution is 2.45. The first-order valence-corrected chi connectivity index (χ1v) is 11.5. The number of hydrogen-bond donors (Lipinski definition) is 2. The summed E-state index contributed by atoms with van der Waals surface area (Å²) in [4.78, 5) is 13.6. The monoisotopic (exact) mass is 458 g/mol. The number of halogens is 1. The molecule has 174 valence electrons. The van der Waals surface area contributed by atoms with Crippen LogP contribution in [0.2, 0.25) is 0 Å². The summed E-state index contributed by atoms with van der Waals surface area (Å²) in [5.74, 6) is 1.07. The van der Waals surface area contributed by atoms with Crippen molar-refractivity contribution in [2.24, 2.45) is 0 Å². The molecule has 2 aliphatic rings. The summed E-state index contributed by atoms with van der Waals surface area (Å²) in [5.41, 5.74) is 5.33. The fourth-order valence-corrected chi connectivity index (χ4v) is 4.85. The van der Waals surface area contributed by atoms with Gasteiger partial charge in [0.15, 0.2) is 17.3 Å². The molecule has 0 saturated carbocycles. The Morgan fingerprint density at radius 2 is 1.68 bits per heavy atom. The topological polar surface area (TPSA) is 59.6 Å². The van der Waals surface area contributed by atoms with E-state index in [4.69, 9.17) is 9.47 Å². The number of carbonyl (C=O) groups is 1. The normalized spacial score (nSPS) is 19.3. The minimum absolute atomic E-state index is 0.0138. The lowest BCUT2D eigenvalue weighted by Crippen LogP contribution is -2.27. The second-order valence-electron chi connectivity index (χ2n) is 8.56. The lowest BCUT2D eigenvalue weighted by molar-refractivity contribution is -0.116. The van der Waals surface area contributed by atoms with E-state index in [1.807, 2.05) is 49.4 Å². The molecule has 2 atom stereocenters. The molecule has 0 spiro atoms. The third-order valence-corrected chi connectivity index (χ3v) is 6.47. The highest BCUT2D eigenvalue weighted by atomic mass is 19.1. The molecular formula is C28H27FN2O3. The smallest absolute Gasteiger partial charge is 0.163 e. The summed E-state index contributed by atoms with van der Waals surface area (Å²) in [6.45, 7) is 2.46. The van der Waals surface area contributed by atoms with E-state index in [0.717, 1.165) is 33.8 Å². The molecule has 0 amide bonds. The third-order valence-electron chi connectivity index (χ3n) is 6.47. The standard InChI is InChI=1S/C28H27FN2O3/c1-3-34-25-13-10-18(16-26(25)33-2)28-27-23(30-21-6-4-5-7-22(21)31-28)14-19(15-24(27)32)17-8-11-20(29)12-9-17/h4-13,16,19,28,30-31H,3,14-15H2,1-2H3. The number of fused-ring (bicyclic) bond motifs is 1. The third kappa shape index (κ3) is 4.12. The Morgan fingerprint density at radius 3 is 2.41 bits per heavy atom. The molecular weight excluding hydrogens is 431 g/mol. The van der Waals surface area contributed by atoms with Crippen molar-refractivity contribution in [3.05, 3.63) is 94.9 Å². The van der Waals surface area contributed by atoms with Crippen molar-refractivity contribution in [2.45, 2.75) is 31.7 Å². The van der Waals surface area contributed by atoms with Gasteiger partial charge in [-0.25, -0.2) is 4.39 Å². The van der Waals surface area contributed by atoms with Gasteiger partial charge in [0, 0.05) is 17.7 Å². The zero-order chi connectivity index (χ0) is 23.7. The Hall–Kier alpha value is -3.80. The number of methoxy groups -OCH3 is 1. The molecule has 0 fully saturated rings. The van der Waals surface area contributed by atoms with E-state index in [1.165, 1.54) is 12.1 Å². The van der Waals surface area contributed by atoms with Gasteiger partial charge in [0.1, 0.15) is 5.82 Å². The van der Waals surface area contributed by atoms with Crippen molar-refractivity contribution in [1.29, 1.82) is 0 Å². The average molecular weight is 459 g/mol. The van der Waals surface area contributed by atoms with Crippen LogP contribution in [0.3, 0.4) is 0 Å². The molecule has 3 aromatic carbocycles. The maximum Gasteiger partial charge on any atom is 0.163 e. The molecule has 0 saturated heterocycles. The van der Waals surface area contributed by atoms with E-state index < -0.39 is 0 Å². The molecule has 2 unspecified atom stereocenters. The lowest BCUT2D eigenvalue weighted by atomic mass is 9.78. The number of benzene rings is 3. The van der Waals surface area contributed by atoms with E-state index in [2.05, 4.69) is 10.6 Å². The average Bonchev–Trinajstić information content (AvgIpc) is 3.02. The van der Waals surface area contributed by atoms with Gasteiger partial charge in [-0.3, -0.25) is 4.79 Å². The zero-order valence-corrected chi connectivity index (χ0v) is 19.2. The van der Waals surface area contributed by atoms with Crippen LogP contribution in [-0.4, -0.2) is 19.5 Å². The number of allylic oxidation sites excluding steroid dienone is 1. The maximum atomic E-state index is 13.6. The van der Waals surface area contributed by atoms with E-state index in [-0.39, 0.29) is 23.6 Å². The summed E-state index contributed by atoms with van der Waals surface area (Å²) < 4.78 is 24.7. The molecule has 3 aromatic rings. The van der Waals surface area contributed by atoms with Gasteiger partial charge in [-0.1, -0.05) is 30.3 Å². The fourth-order valence-electron chi connectivity index (χ4n) is 4.85. The second kappa shape index (κ2) is 9.21. The molecule has 0 radical (unpaired) electrons. The fraction of sp³-hybridized carbons (Fsp3) is 0.250. The minimum Gasteiger partial charge on any atom is -0.493 e. The van der Waals surface area contributed by atoms with Gasteiger partial charge in [-0.15, -0.1) is 0 Å². The first-order valence-electron chi connectivity index (χ1n) is 11.5. The largest absolute Gasteiger partial charge is 0.493 e. The van der Waals surface area contributed by atoms with Crippen molar-refractivity contribution < 1.29 is 18.7 Å². The maximum absolute atomic E-state index is 13.6. The number of ketones is 1. The molecule has 0 aromatic heterocycles. The van der Waals surface area contributed by atoms with Crippen molar-refractivity contribution >= 4 is 17.2 Å². The molecule has 1 aliphatic heterocycles. The number of rotatable bonds is 5. The van der Waals surface area contributed by atoms with Gasteiger partial charge < -0.3 is 20.1 Å². The highest BCUT2D eigenvalue weighted by Gasteiger charge is 2.36. The Bertz CT molecular complexity index is 1250. The number of para-hydroxylation sites is 2. The summed E-state index contributed by atoms with van der Waals surface area (Å²) in [7, 11) is 1.61. The van der Waals surface area contributed by atoms with Crippen molar-refractivity contribution in [3.8, 4) is 11.5 Å². The van der Waals surface area contributed by atoms with Gasteiger partial charge in [0.05, 0.1) is 31.1 Å². The molecule has 2 N–H and O–H groups in total. The quantitative estimate of drug-likeness (QED) is 0.476. The summed E-state index contributed by atoms with van der Waals surface area (Å²) in [5, 5.41) is 7.11. The summed E-state index contributed by atoms with van der Waals surface area (Å²) >= 11 is 0. The number of ether oxygens (including phenoxy) is 2. The number of anilines is 2. The first kappa shape index (κ1) is 22.0. The van der Waals surface area contributed by atoms with E-state index >= 15 is 0 Å². The van der Waals surface area contributed by atoms with Gasteiger partial charge in [-0.05, 0) is 66.8 Å². The second-order valence-corrected chi connectivity index (χ2v) is 8.56. The van der Waals surface area contributed by atoms with Gasteiger partial charge in [0.2, 0.25) is 0 Å². The molecule has 0 bridgehead atoms. The number of carbonyl (C=O) groups excluding carboxylic acids is 1. The van der Waals surface area contributed by atoms with Gasteiger partial charge in [0.25, 0.3) is 0 Å². The van der Waals surface area contributed by atoms with Crippen molar-refractivity contribution in [2.75, 3.05) is 24.4 Å². The van der Waals surface area contributed by atoms with Crippen LogP contribution in [0.15, 0.2) is 78.0 Å². The van der Waals surface area contributed by atoms with Crippen LogP contribution in [0.25, 0.3) is 0 Å². The summed E-state index contributed by atoms with van der Waals surface area (Å²) in [6, 6.07) is 19.8. The Morgan fingerprint density at radius 1 is 0.941 bits per heavy atom. The van der Waals surface area contributed by atoms with Crippen LogP contribution in [0.5, 0.6) is 11.5 Å². The zero-order valence-electron chi connectivity index (χ0n) is 19.2. The van der Waals surface area contributed by atoms with Crippen LogP contribution in [0.4, 0.5) is 15.8 Å². The van der Waals surface area contributed by atoms with Crippen LogP contribution < -0.4 is 20.1 Å². The molecule has 1 heterocycles. The number of hydrogen-bond acceptors (Lipinski definition) is 5. The van der Waals surface area contributed by atoms with Gasteiger partial charge in [-0.2, -0.15) is 0 Å². The minimum atomic E-state index is -0.350. The Balaban J connectivity index is 1.59. The Labute approximate surface area is 198 Å². The molecule has 6 heteroatoms. The highest BCUT2D eigenvalue weighted by molar-refractivity contribution is 6.01. The van der Waals surface area contributed by atoms with Crippen LogP contribution in [0.1, 0.15) is 42.9 Å². The van der Waals surface area contributed by atoms with Gasteiger partial charge >= 0.3 is 0 Å². The Kier molecular flexibility index (Phi) is 5.97.